The largest absolute Gasteiger partial charge is 0.350 e. The second kappa shape index (κ2) is 8.14. The number of pyridine rings is 1. The van der Waals surface area contributed by atoms with E-state index in [4.69, 9.17) is 4.98 Å². The Hall–Kier alpha value is -1.92. The molecule has 2 aromatic rings. The summed E-state index contributed by atoms with van der Waals surface area (Å²) in [5, 5.41) is 6.76. The quantitative estimate of drug-likeness (QED) is 0.730. The number of amides is 1. The van der Waals surface area contributed by atoms with Crippen molar-refractivity contribution < 1.29 is 4.79 Å². The van der Waals surface area contributed by atoms with Gasteiger partial charge in [-0.2, -0.15) is 0 Å². The minimum Gasteiger partial charge on any atom is -0.350 e. The zero-order valence-electron chi connectivity index (χ0n) is 19.4. The van der Waals surface area contributed by atoms with E-state index in [-0.39, 0.29) is 5.91 Å². The molecule has 5 fully saturated rings. The molecule has 1 atom stereocenters. The van der Waals surface area contributed by atoms with Gasteiger partial charge in [-0.3, -0.25) is 14.1 Å². The Morgan fingerprint density at radius 1 is 1.16 bits per heavy atom. The number of hydrogen-bond donors (Lipinski definition) is 2. The maximum absolute atomic E-state index is 13.3. The van der Waals surface area contributed by atoms with Gasteiger partial charge in [0.05, 0.1) is 5.69 Å². The van der Waals surface area contributed by atoms with E-state index in [2.05, 4.69) is 21.7 Å². The maximum Gasteiger partial charge on any atom is 0.268 e. The molecule has 1 aliphatic heterocycles. The lowest BCUT2D eigenvalue weighted by Gasteiger charge is -2.56. The number of carbonyl (C=O) groups is 1. The lowest BCUT2D eigenvalue weighted by Crippen LogP contribution is -2.51. The summed E-state index contributed by atoms with van der Waals surface area (Å²) in [4.78, 5) is 20.6. The van der Waals surface area contributed by atoms with Crippen LogP contribution in [0.4, 0.5) is 0 Å². The Balaban J connectivity index is 1.15. The van der Waals surface area contributed by atoms with Crippen molar-refractivity contribution in [1.82, 2.24) is 24.9 Å². The number of imidazole rings is 1. The number of aromatic nitrogens is 2. The Bertz CT molecular complexity index is 962. The highest BCUT2D eigenvalue weighted by Crippen LogP contribution is 2.59. The number of carbonyl (C=O) groups excluding carboxylic acids is 1. The van der Waals surface area contributed by atoms with Crippen molar-refractivity contribution in [3.8, 4) is 0 Å². The molecule has 1 unspecified atom stereocenters. The third kappa shape index (κ3) is 3.86. The molecule has 0 radical (unpaired) electrons. The van der Waals surface area contributed by atoms with Crippen molar-refractivity contribution in [3.63, 3.8) is 0 Å². The van der Waals surface area contributed by atoms with Gasteiger partial charge in [-0.25, -0.2) is 4.98 Å². The molecule has 6 nitrogen and oxygen atoms in total. The molecule has 3 heterocycles. The van der Waals surface area contributed by atoms with E-state index in [1.54, 1.807) is 0 Å². The molecular formula is C26H37N5O. The van der Waals surface area contributed by atoms with Gasteiger partial charge in [0, 0.05) is 31.9 Å². The monoisotopic (exact) mass is 435 g/mol. The number of nitrogens with zero attached hydrogens (tertiary/aromatic N) is 3. The van der Waals surface area contributed by atoms with Crippen LogP contribution in [0, 0.1) is 23.2 Å². The zero-order chi connectivity index (χ0) is 21.7. The minimum atomic E-state index is 0.0449. The number of hydrogen-bond acceptors (Lipinski definition) is 4. The van der Waals surface area contributed by atoms with Gasteiger partial charge in [-0.05, 0) is 100 Å². The van der Waals surface area contributed by atoms with Crippen LogP contribution in [0.3, 0.4) is 0 Å². The Morgan fingerprint density at radius 2 is 1.91 bits per heavy atom. The predicted molar refractivity (Wildman–Crippen MR) is 125 cm³/mol. The van der Waals surface area contributed by atoms with E-state index in [1.165, 1.54) is 51.4 Å². The Kier molecular flexibility index (Phi) is 5.26. The first kappa shape index (κ1) is 20.7. The number of rotatable bonds is 6. The fourth-order valence-corrected chi connectivity index (χ4v) is 7.85. The SMILES string of the molecule is CNC1CCCN(Cc2cn3c(C(=O)NCC45CC6CC(CC(C6)C4)C5)cccc3n2)C1. The lowest BCUT2D eigenvalue weighted by molar-refractivity contribution is -0.0503. The second-order valence-electron chi connectivity index (χ2n) is 11.3. The molecule has 32 heavy (non-hydrogen) atoms. The van der Waals surface area contributed by atoms with Crippen LogP contribution in [0.1, 0.15) is 67.5 Å². The number of likely N-dealkylation sites (tertiary alicyclic amines) is 1. The summed E-state index contributed by atoms with van der Waals surface area (Å²) in [6, 6.07) is 6.47. The van der Waals surface area contributed by atoms with E-state index in [1.807, 2.05) is 29.6 Å². The molecule has 1 amide bonds. The van der Waals surface area contributed by atoms with Crippen LogP contribution < -0.4 is 10.6 Å². The van der Waals surface area contributed by atoms with E-state index in [0.29, 0.717) is 17.2 Å². The lowest BCUT2D eigenvalue weighted by atomic mass is 9.49. The standard InChI is InChI=1S/C26H37N5O/c1-27-21-4-3-7-30(14-21)15-22-16-31-23(5-2-6-24(31)29-22)25(32)28-17-26-11-18-8-19(12-26)10-20(9-18)13-26/h2,5-6,16,18-21,27H,3-4,7-15,17H2,1H3,(H,28,32). The van der Waals surface area contributed by atoms with Crippen molar-refractivity contribution in [2.24, 2.45) is 23.2 Å². The highest BCUT2D eigenvalue weighted by molar-refractivity contribution is 5.93. The average Bonchev–Trinajstić information content (AvgIpc) is 3.19. The van der Waals surface area contributed by atoms with Crippen LogP contribution in [0.15, 0.2) is 24.4 Å². The van der Waals surface area contributed by atoms with Gasteiger partial charge in [0.2, 0.25) is 0 Å². The molecule has 2 aromatic heterocycles. The van der Waals surface area contributed by atoms with Crippen molar-refractivity contribution in [2.75, 3.05) is 26.7 Å². The molecule has 4 saturated carbocycles. The summed E-state index contributed by atoms with van der Waals surface area (Å²) in [5.41, 5.74) is 2.97. The molecule has 172 valence electrons. The first-order valence-electron chi connectivity index (χ1n) is 12.7. The smallest absolute Gasteiger partial charge is 0.268 e. The minimum absolute atomic E-state index is 0.0449. The average molecular weight is 436 g/mol. The Labute approximate surface area is 191 Å². The number of piperidine rings is 1. The van der Waals surface area contributed by atoms with Crippen molar-refractivity contribution in [3.05, 3.63) is 35.8 Å². The van der Waals surface area contributed by atoms with E-state index >= 15 is 0 Å². The van der Waals surface area contributed by atoms with Gasteiger partial charge < -0.3 is 10.6 Å². The summed E-state index contributed by atoms with van der Waals surface area (Å²) in [7, 11) is 2.05. The van der Waals surface area contributed by atoms with Crippen LogP contribution in [0.5, 0.6) is 0 Å². The van der Waals surface area contributed by atoms with Crippen molar-refractivity contribution >= 4 is 11.6 Å². The summed E-state index contributed by atoms with van der Waals surface area (Å²) in [6.07, 6.45) is 12.8. The highest BCUT2D eigenvalue weighted by atomic mass is 16.1. The third-order valence-corrected chi connectivity index (χ3v) is 8.86. The van der Waals surface area contributed by atoms with E-state index < -0.39 is 0 Å². The summed E-state index contributed by atoms with van der Waals surface area (Å²) in [5.74, 6) is 2.78. The van der Waals surface area contributed by atoms with Gasteiger partial charge in [0.25, 0.3) is 5.91 Å². The number of fused-ring (bicyclic) bond motifs is 1. The predicted octanol–water partition coefficient (Wildman–Crippen LogP) is 3.46. The maximum atomic E-state index is 13.3. The van der Waals surface area contributed by atoms with E-state index in [9.17, 15) is 4.79 Å². The van der Waals surface area contributed by atoms with E-state index in [0.717, 1.165) is 55.3 Å². The molecule has 1 saturated heterocycles. The molecule has 4 bridgehead atoms. The van der Waals surface area contributed by atoms with Gasteiger partial charge in [0.1, 0.15) is 11.3 Å². The summed E-state index contributed by atoms with van der Waals surface area (Å²) >= 11 is 0. The van der Waals surface area contributed by atoms with Gasteiger partial charge in [0.15, 0.2) is 0 Å². The fourth-order valence-electron chi connectivity index (χ4n) is 7.85. The van der Waals surface area contributed by atoms with Crippen molar-refractivity contribution in [1.29, 1.82) is 0 Å². The molecule has 7 rings (SSSR count). The van der Waals surface area contributed by atoms with Crippen molar-refractivity contribution in [2.45, 2.75) is 64.0 Å². The second-order valence-corrected chi connectivity index (χ2v) is 11.3. The summed E-state index contributed by atoms with van der Waals surface area (Å²) in [6.45, 7) is 3.86. The molecule has 6 heteroatoms. The van der Waals surface area contributed by atoms with Gasteiger partial charge >= 0.3 is 0 Å². The van der Waals surface area contributed by atoms with Crippen LogP contribution in [0.2, 0.25) is 0 Å². The zero-order valence-corrected chi connectivity index (χ0v) is 19.4. The molecule has 0 spiro atoms. The number of likely N-dealkylation sites (N-methyl/N-ethyl adjacent to an activating group) is 1. The fraction of sp³-hybridized carbons (Fsp3) is 0.692. The van der Waals surface area contributed by atoms with Crippen LogP contribution in [-0.4, -0.2) is 52.9 Å². The highest BCUT2D eigenvalue weighted by Gasteiger charge is 2.50. The summed E-state index contributed by atoms with van der Waals surface area (Å²) < 4.78 is 1.99. The topological polar surface area (TPSA) is 61.7 Å². The van der Waals surface area contributed by atoms with Gasteiger partial charge in [-0.15, -0.1) is 0 Å². The van der Waals surface area contributed by atoms with Crippen LogP contribution in [-0.2, 0) is 6.54 Å². The van der Waals surface area contributed by atoms with Crippen LogP contribution >= 0.6 is 0 Å². The number of nitrogens with one attached hydrogen (secondary N) is 2. The first-order chi connectivity index (χ1) is 15.6. The Morgan fingerprint density at radius 3 is 2.62 bits per heavy atom. The first-order valence-corrected chi connectivity index (χ1v) is 12.7. The molecule has 4 aliphatic carbocycles. The molecular weight excluding hydrogens is 398 g/mol. The molecule has 2 N–H and O–H groups in total. The molecule has 5 aliphatic rings. The third-order valence-electron chi connectivity index (χ3n) is 8.86. The molecule has 0 aromatic carbocycles. The normalized spacial score (nSPS) is 34.3. The van der Waals surface area contributed by atoms with Gasteiger partial charge in [-0.1, -0.05) is 6.07 Å². The van der Waals surface area contributed by atoms with Crippen LogP contribution in [0.25, 0.3) is 5.65 Å².